The largest absolute Gasteiger partial charge is 0.294 e. The molecule has 3 heteroatoms. The van der Waals surface area contributed by atoms with Gasteiger partial charge in [-0.3, -0.25) is 14.4 Å². The van der Waals surface area contributed by atoms with E-state index in [-0.39, 0.29) is 6.29 Å². The average Bonchev–Trinajstić information content (AvgIpc) is 2.17. The highest BCUT2D eigenvalue weighted by Crippen LogP contribution is 2.12. The standard InChI is InChI=1S/C9H8O3/c10-6-8(11)9(12)7-4-2-1-3-5-7/h1-2,4,6H,3,5H2. The van der Waals surface area contributed by atoms with E-state index in [2.05, 4.69) is 0 Å². The predicted octanol–water partition coefficient (Wildman–Crippen LogP) is 0.600. The zero-order valence-electron chi connectivity index (χ0n) is 6.45. The van der Waals surface area contributed by atoms with Crippen molar-refractivity contribution in [3.05, 3.63) is 23.8 Å². The first-order valence-electron chi connectivity index (χ1n) is 3.65. The number of allylic oxidation sites excluding steroid dienone is 4. The molecule has 0 atom stereocenters. The fraction of sp³-hybridized carbons (Fsp3) is 0.222. The van der Waals surface area contributed by atoms with Gasteiger partial charge in [-0.1, -0.05) is 18.2 Å². The second-order valence-electron chi connectivity index (χ2n) is 2.47. The number of Topliss-reactive ketones (excluding diaryl/α,β-unsaturated/α-hetero) is 2. The van der Waals surface area contributed by atoms with Crippen molar-refractivity contribution in [1.29, 1.82) is 0 Å². The van der Waals surface area contributed by atoms with Crippen LogP contribution in [0.3, 0.4) is 0 Å². The van der Waals surface area contributed by atoms with Crippen LogP contribution in [0.2, 0.25) is 0 Å². The minimum Gasteiger partial charge on any atom is -0.294 e. The van der Waals surface area contributed by atoms with Crippen molar-refractivity contribution < 1.29 is 14.4 Å². The van der Waals surface area contributed by atoms with Gasteiger partial charge in [-0.05, 0) is 12.8 Å². The molecule has 1 aliphatic carbocycles. The fourth-order valence-corrected chi connectivity index (χ4v) is 1.00. The van der Waals surface area contributed by atoms with E-state index in [9.17, 15) is 14.4 Å². The van der Waals surface area contributed by atoms with Gasteiger partial charge in [0.1, 0.15) is 0 Å². The third kappa shape index (κ3) is 1.75. The third-order valence-electron chi connectivity index (χ3n) is 1.64. The van der Waals surface area contributed by atoms with Crippen LogP contribution >= 0.6 is 0 Å². The summed E-state index contributed by atoms with van der Waals surface area (Å²) in [4.78, 5) is 31.6. The van der Waals surface area contributed by atoms with Crippen LogP contribution in [0.4, 0.5) is 0 Å². The number of carbonyl (C=O) groups excluding carboxylic acids is 3. The summed E-state index contributed by atoms with van der Waals surface area (Å²) >= 11 is 0. The summed E-state index contributed by atoms with van der Waals surface area (Å²) in [5.41, 5.74) is 0.426. The summed E-state index contributed by atoms with van der Waals surface area (Å²) in [5.74, 6) is -1.63. The van der Waals surface area contributed by atoms with E-state index < -0.39 is 11.6 Å². The van der Waals surface area contributed by atoms with Crippen LogP contribution in [0.25, 0.3) is 0 Å². The number of aldehydes is 1. The first-order chi connectivity index (χ1) is 5.75. The van der Waals surface area contributed by atoms with Crippen LogP contribution < -0.4 is 0 Å². The Balaban J connectivity index is 2.76. The van der Waals surface area contributed by atoms with E-state index in [1.807, 2.05) is 6.08 Å². The lowest BCUT2D eigenvalue weighted by atomic mass is 9.99. The van der Waals surface area contributed by atoms with Crippen LogP contribution in [0.5, 0.6) is 0 Å². The Hall–Kier alpha value is -1.51. The van der Waals surface area contributed by atoms with E-state index in [1.54, 1.807) is 12.2 Å². The zero-order valence-corrected chi connectivity index (χ0v) is 6.45. The molecule has 0 aliphatic heterocycles. The fourth-order valence-electron chi connectivity index (χ4n) is 1.00. The smallest absolute Gasteiger partial charge is 0.265 e. The highest BCUT2D eigenvalue weighted by molar-refractivity contribution is 6.61. The molecule has 0 bridgehead atoms. The van der Waals surface area contributed by atoms with Crippen LogP contribution in [-0.4, -0.2) is 17.9 Å². The lowest BCUT2D eigenvalue weighted by Crippen LogP contribution is -2.17. The summed E-state index contributed by atoms with van der Waals surface area (Å²) in [6.45, 7) is 0. The summed E-state index contributed by atoms with van der Waals surface area (Å²) < 4.78 is 0. The zero-order chi connectivity index (χ0) is 8.97. The lowest BCUT2D eigenvalue weighted by Gasteiger charge is -2.03. The molecule has 0 heterocycles. The van der Waals surface area contributed by atoms with Crippen LogP contribution in [0.1, 0.15) is 12.8 Å². The number of rotatable bonds is 3. The van der Waals surface area contributed by atoms with Gasteiger partial charge < -0.3 is 0 Å². The molecule has 0 fully saturated rings. The number of carbonyl (C=O) groups is 3. The van der Waals surface area contributed by atoms with Gasteiger partial charge >= 0.3 is 0 Å². The molecule has 0 aromatic heterocycles. The van der Waals surface area contributed by atoms with Crippen molar-refractivity contribution >= 4 is 17.9 Å². The molecular weight excluding hydrogens is 156 g/mol. The van der Waals surface area contributed by atoms with Crippen LogP contribution in [0, 0.1) is 0 Å². The van der Waals surface area contributed by atoms with Crippen molar-refractivity contribution in [2.75, 3.05) is 0 Å². The SMILES string of the molecule is O=CC(=O)C(=O)C1=CC=CCC1. The molecule has 1 rings (SSSR count). The maximum atomic E-state index is 11.0. The molecule has 3 nitrogen and oxygen atoms in total. The van der Waals surface area contributed by atoms with Crippen molar-refractivity contribution in [2.45, 2.75) is 12.8 Å². The Morgan fingerprint density at radius 2 is 2.17 bits per heavy atom. The second-order valence-corrected chi connectivity index (χ2v) is 2.47. The predicted molar refractivity (Wildman–Crippen MR) is 42.5 cm³/mol. The van der Waals surface area contributed by atoms with E-state index in [4.69, 9.17) is 0 Å². The Kier molecular flexibility index (Phi) is 2.69. The molecule has 0 aromatic carbocycles. The molecular formula is C9H8O3. The Bertz CT molecular complexity index is 284. The van der Waals surface area contributed by atoms with Crippen LogP contribution in [-0.2, 0) is 14.4 Å². The molecule has 12 heavy (non-hydrogen) atoms. The molecule has 0 radical (unpaired) electrons. The summed E-state index contributed by atoms with van der Waals surface area (Å²) in [7, 11) is 0. The molecule has 0 aromatic rings. The molecule has 0 saturated heterocycles. The minimum absolute atomic E-state index is 0.0570. The first-order valence-corrected chi connectivity index (χ1v) is 3.65. The molecule has 1 aliphatic rings. The van der Waals surface area contributed by atoms with Crippen molar-refractivity contribution in [2.24, 2.45) is 0 Å². The maximum absolute atomic E-state index is 11.0. The number of ketones is 2. The molecule has 0 spiro atoms. The van der Waals surface area contributed by atoms with Gasteiger partial charge in [0, 0.05) is 5.57 Å². The van der Waals surface area contributed by atoms with E-state index in [0.717, 1.165) is 6.42 Å². The molecule has 0 amide bonds. The van der Waals surface area contributed by atoms with Gasteiger partial charge in [-0.25, -0.2) is 0 Å². The van der Waals surface area contributed by atoms with Gasteiger partial charge in [0.2, 0.25) is 5.78 Å². The van der Waals surface area contributed by atoms with E-state index in [1.165, 1.54) is 0 Å². The quantitative estimate of drug-likeness (QED) is 0.348. The van der Waals surface area contributed by atoms with Gasteiger partial charge in [-0.2, -0.15) is 0 Å². The lowest BCUT2D eigenvalue weighted by molar-refractivity contribution is -0.138. The Morgan fingerprint density at radius 1 is 1.42 bits per heavy atom. The summed E-state index contributed by atoms with van der Waals surface area (Å²) in [6, 6.07) is 0. The number of hydrogen-bond donors (Lipinski definition) is 0. The van der Waals surface area contributed by atoms with Gasteiger partial charge in [-0.15, -0.1) is 0 Å². The van der Waals surface area contributed by atoms with Crippen molar-refractivity contribution in [1.82, 2.24) is 0 Å². The van der Waals surface area contributed by atoms with Gasteiger partial charge in [0.15, 0.2) is 6.29 Å². The van der Waals surface area contributed by atoms with Crippen molar-refractivity contribution in [3.63, 3.8) is 0 Å². The highest BCUT2D eigenvalue weighted by atomic mass is 16.2. The maximum Gasteiger partial charge on any atom is 0.265 e. The first kappa shape index (κ1) is 8.59. The van der Waals surface area contributed by atoms with Crippen molar-refractivity contribution in [3.8, 4) is 0 Å². The highest BCUT2D eigenvalue weighted by Gasteiger charge is 2.17. The summed E-state index contributed by atoms with van der Waals surface area (Å²) in [5, 5.41) is 0. The molecule has 0 unspecified atom stereocenters. The van der Waals surface area contributed by atoms with E-state index in [0.29, 0.717) is 12.0 Å². The van der Waals surface area contributed by atoms with E-state index >= 15 is 0 Å². The minimum atomic E-state index is -0.962. The monoisotopic (exact) mass is 164 g/mol. The Morgan fingerprint density at radius 3 is 2.67 bits per heavy atom. The third-order valence-corrected chi connectivity index (χ3v) is 1.64. The van der Waals surface area contributed by atoms with Gasteiger partial charge in [0.25, 0.3) is 5.78 Å². The topological polar surface area (TPSA) is 51.2 Å². The average molecular weight is 164 g/mol. The van der Waals surface area contributed by atoms with Crippen LogP contribution in [0.15, 0.2) is 23.8 Å². The normalized spacial score (nSPS) is 15.2. The summed E-state index contributed by atoms with van der Waals surface area (Å²) in [6.07, 6.45) is 6.56. The molecule has 0 N–H and O–H groups in total. The van der Waals surface area contributed by atoms with Gasteiger partial charge in [0.05, 0.1) is 0 Å². The second kappa shape index (κ2) is 3.76. The molecule has 62 valence electrons. The number of hydrogen-bond acceptors (Lipinski definition) is 3. The molecule has 0 saturated carbocycles. The Labute approximate surface area is 69.8 Å².